The fraction of sp³-hybridized carbons (Fsp3) is 0.667. The summed E-state index contributed by atoms with van der Waals surface area (Å²) >= 11 is 0. The SMILES string of the molecule is OC1=[C]CCCC1(O)O. The smallest absolute Gasteiger partial charge is 0.222 e. The average Bonchev–Trinajstić information content (AvgIpc) is 1.77. The predicted octanol–water partition coefficient (Wildman–Crippen LogP) is 0.0963. The Balaban J connectivity index is 2.73. The Morgan fingerprint density at radius 1 is 1.44 bits per heavy atom. The van der Waals surface area contributed by atoms with E-state index in [1.165, 1.54) is 0 Å². The molecule has 0 spiro atoms. The molecule has 0 aromatic heterocycles. The standard InChI is InChI=1S/C6H9O3/c7-5-3-1-2-4-6(5,8)9/h7-9H,1-2,4H2. The minimum absolute atomic E-state index is 0.200. The maximum Gasteiger partial charge on any atom is 0.222 e. The Hall–Kier alpha value is -0.540. The number of aliphatic hydroxyl groups is 3. The minimum atomic E-state index is -2.00. The van der Waals surface area contributed by atoms with E-state index in [9.17, 15) is 0 Å². The van der Waals surface area contributed by atoms with Crippen molar-refractivity contribution in [2.75, 3.05) is 0 Å². The monoisotopic (exact) mass is 129 g/mol. The molecule has 1 aliphatic carbocycles. The van der Waals surface area contributed by atoms with Crippen molar-refractivity contribution in [3.05, 3.63) is 11.8 Å². The van der Waals surface area contributed by atoms with Gasteiger partial charge < -0.3 is 15.3 Å². The molecule has 0 fully saturated rings. The number of allylic oxidation sites excluding steroid dienone is 1. The van der Waals surface area contributed by atoms with Crippen LogP contribution in [0.4, 0.5) is 0 Å². The van der Waals surface area contributed by atoms with E-state index in [-0.39, 0.29) is 6.42 Å². The first kappa shape index (κ1) is 6.58. The molecular weight excluding hydrogens is 120 g/mol. The molecule has 0 amide bonds. The number of rotatable bonds is 0. The molecular formula is C6H9O3. The van der Waals surface area contributed by atoms with Gasteiger partial charge in [0.05, 0.1) is 0 Å². The highest BCUT2D eigenvalue weighted by atomic mass is 16.5. The molecule has 0 bridgehead atoms. The van der Waals surface area contributed by atoms with Crippen LogP contribution in [0.3, 0.4) is 0 Å². The van der Waals surface area contributed by atoms with Crippen molar-refractivity contribution in [3.8, 4) is 0 Å². The van der Waals surface area contributed by atoms with Gasteiger partial charge in [0.15, 0.2) is 5.76 Å². The van der Waals surface area contributed by atoms with Gasteiger partial charge in [0.2, 0.25) is 5.79 Å². The molecule has 3 N–H and O–H groups in total. The lowest BCUT2D eigenvalue weighted by Gasteiger charge is -2.23. The Labute approximate surface area is 53.3 Å². The highest BCUT2D eigenvalue weighted by molar-refractivity contribution is 5.01. The van der Waals surface area contributed by atoms with Crippen LogP contribution in [0, 0.1) is 6.08 Å². The largest absolute Gasteiger partial charge is 0.506 e. The molecule has 51 valence electrons. The molecule has 3 nitrogen and oxygen atoms in total. The quantitative estimate of drug-likeness (QED) is 0.406. The highest BCUT2D eigenvalue weighted by Crippen LogP contribution is 2.23. The number of aliphatic hydroxyl groups excluding tert-OH is 1. The van der Waals surface area contributed by atoms with Crippen molar-refractivity contribution < 1.29 is 15.3 Å². The molecule has 0 aromatic rings. The topological polar surface area (TPSA) is 60.7 Å². The zero-order valence-electron chi connectivity index (χ0n) is 4.96. The van der Waals surface area contributed by atoms with Crippen LogP contribution in [0.2, 0.25) is 0 Å². The molecule has 1 radical (unpaired) electrons. The maximum atomic E-state index is 8.85. The second kappa shape index (κ2) is 2.01. The van der Waals surface area contributed by atoms with E-state index < -0.39 is 11.5 Å². The van der Waals surface area contributed by atoms with Crippen LogP contribution in [0.25, 0.3) is 0 Å². The minimum Gasteiger partial charge on any atom is -0.506 e. The van der Waals surface area contributed by atoms with Crippen LogP contribution in [0.1, 0.15) is 19.3 Å². The Kier molecular flexibility index (Phi) is 1.47. The first-order chi connectivity index (χ1) is 4.13. The van der Waals surface area contributed by atoms with E-state index in [1.54, 1.807) is 0 Å². The van der Waals surface area contributed by atoms with Gasteiger partial charge in [0.1, 0.15) is 0 Å². The van der Waals surface area contributed by atoms with E-state index in [0.29, 0.717) is 12.8 Å². The summed E-state index contributed by atoms with van der Waals surface area (Å²) in [4.78, 5) is 0. The fourth-order valence-corrected chi connectivity index (χ4v) is 0.802. The van der Waals surface area contributed by atoms with Crippen LogP contribution >= 0.6 is 0 Å². The van der Waals surface area contributed by atoms with Gasteiger partial charge in [-0.3, -0.25) is 0 Å². The molecule has 1 aliphatic rings. The average molecular weight is 129 g/mol. The lowest BCUT2D eigenvalue weighted by atomic mass is 10.0. The highest BCUT2D eigenvalue weighted by Gasteiger charge is 2.30. The molecule has 0 saturated heterocycles. The van der Waals surface area contributed by atoms with Gasteiger partial charge in [0.25, 0.3) is 0 Å². The van der Waals surface area contributed by atoms with Crippen molar-refractivity contribution >= 4 is 0 Å². The van der Waals surface area contributed by atoms with Gasteiger partial charge in [-0.05, 0) is 12.8 Å². The van der Waals surface area contributed by atoms with E-state index >= 15 is 0 Å². The molecule has 9 heavy (non-hydrogen) atoms. The molecule has 0 unspecified atom stereocenters. The van der Waals surface area contributed by atoms with Crippen molar-refractivity contribution in [2.24, 2.45) is 0 Å². The van der Waals surface area contributed by atoms with Gasteiger partial charge in [-0.15, -0.1) is 0 Å². The molecule has 0 saturated carbocycles. The third-order valence-electron chi connectivity index (χ3n) is 1.37. The van der Waals surface area contributed by atoms with Gasteiger partial charge in [0, 0.05) is 12.5 Å². The molecule has 0 atom stereocenters. The Bertz CT molecular complexity index is 137. The molecule has 1 rings (SSSR count). The molecule has 0 heterocycles. The molecule has 0 aromatic carbocycles. The second-order valence-corrected chi connectivity index (χ2v) is 2.20. The first-order valence-corrected chi connectivity index (χ1v) is 2.88. The van der Waals surface area contributed by atoms with E-state index in [4.69, 9.17) is 15.3 Å². The van der Waals surface area contributed by atoms with E-state index in [1.807, 2.05) is 0 Å². The second-order valence-electron chi connectivity index (χ2n) is 2.20. The van der Waals surface area contributed by atoms with Crippen molar-refractivity contribution in [1.29, 1.82) is 0 Å². The fourth-order valence-electron chi connectivity index (χ4n) is 0.802. The summed E-state index contributed by atoms with van der Waals surface area (Å²) < 4.78 is 0. The summed E-state index contributed by atoms with van der Waals surface area (Å²) in [5.41, 5.74) is 0. The summed E-state index contributed by atoms with van der Waals surface area (Å²) in [5, 5.41) is 26.4. The zero-order chi connectivity index (χ0) is 6.91. The maximum absolute atomic E-state index is 8.85. The third-order valence-corrected chi connectivity index (χ3v) is 1.37. The van der Waals surface area contributed by atoms with Gasteiger partial charge in [-0.25, -0.2) is 0 Å². The third kappa shape index (κ3) is 1.23. The Morgan fingerprint density at radius 3 is 2.44 bits per heavy atom. The summed E-state index contributed by atoms with van der Waals surface area (Å²) in [6, 6.07) is 0. The summed E-state index contributed by atoms with van der Waals surface area (Å²) in [6.07, 6.45) is 3.91. The summed E-state index contributed by atoms with van der Waals surface area (Å²) in [5.74, 6) is -2.44. The number of hydrogen-bond donors (Lipinski definition) is 3. The predicted molar refractivity (Wildman–Crippen MR) is 30.4 cm³/mol. The van der Waals surface area contributed by atoms with E-state index in [0.717, 1.165) is 0 Å². The van der Waals surface area contributed by atoms with Crippen LogP contribution in [0.15, 0.2) is 5.76 Å². The molecule has 3 heteroatoms. The molecule has 0 aliphatic heterocycles. The zero-order valence-corrected chi connectivity index (χ0v) is 4.96. The lowest BCUT2D eigenvalue weighted by Crippen LogP contribution is -2.32. The first-order valence-electron chi connectivity index (χ1n) is 2.88. The van der Waals surface area contributed by atoms with Crippen LogP contribution < -0.4 is 0 Å². The van der Waals surface area contributed by atoms with Crippen molar-refractivity contribution in [3.63, 3.8) is 0 Å². The van der Waals surface area contributed by atoms with Crippen LogP contribution in [-0.4, -0.2) is 21.1 Å². The van der Waals surface area contributed by atoms with Gasteiger partial charge >= 0.3 is 0 Å². The normalized spacial score (nSPS) is 25.3. The van der Waals surface area contributed by atoms with Gasteiger partial charge in [-0.2, -0.15) is 0 Å². The van der Waals surface area contributed by atoms with Gasteiger partial charge in [-0.1, -0.05) is 0 Å². The Morgan fingerprint density at radius 2 is 2.11 bits per heavy atom. The van der Waals surface area contributed by atoms with Crippen molar-refractivity contribution in [1.82, 2.24) is 0 Å². The van der Waals surface area contributed by atoms with Crippen LogP contribution in [0.5, 0.6) is 0 Å². The van der Waals surface area contributed by atoms with Crippen LogP contribution in [-0.2, 0) is 0 Å². The van der Waals surface area contributed by atoms with E-state index in [2.05, 4.69) is 6.08 Å². The summed E-state index contributed by atoms with van der Waals surface area (Å²) in [6.45, 7) is 0. The van der Waals surface area contributed by atoms with Crippen molar-refractivity contribution in [2.45, 2.75) is 25.0 Å². The number of hydrogen-bond acceptors (Lipinski definition) is 3. The lowest BCUT2D eigenvalue weighted by molar-refractivity contribution is -0.161. The summed E-state index contributed by atoms with van der Waals surface area (Å²) in [7, 11) is 0.